The van der Waals surface area contributed by atoms with Crippen LogP contribution in [-0.4, -0.2) is 27.3 Å². The number of hydrogen-bond acceptors (Lipinski definition) is 4. The van der Waals surface area contributed by atoms with Crippen molar-refractivity contribution in [3.63, 3.8) is 0 Å². The molecule has 2 rings (SSSR count). The van der Waals surface area contributed by atoms with Crippen LogP contribution in [-0.2, 0) is 19.5 Å². The Bertz CT molecular complexity index is 520. The van der Waals surface area contributed by atoms with Gasteiger partial charge in [-0.2, -0.15) is 5.10 Å². The average molecular weight is 269 g/mol. The van der Waals surface area contributed by atoms with Gasteiger partial charge in [0.15, 0.2) is 5.76 Å². The molecule has 0 saturated carbocycles. The van der Waals surface area contributed by atoms with E-state index >= 15 is 0 Å². The molecule has 2 aromatic heterocycles. The first-order valence-corrected chi connectivity index (χ1v) is 6.30. The Morgan fingerprint density at radius 1 is 1.44 bits per heavy atom. The van der Waals surface area contributed by atoms with Crippen molar-refractivity contribution >= 4 is 11.6 Å². The summed E-state index contributed by atoms with van der Waals surface area (Å²) < 4.78 is 5.25. The Hall–Kier alpha value is -1.33. The van der Waals surface area contributed by atoms with Crippen molar-refractivity contribution in [1.29, 1.82) is 0 Å². The highest BCUT2D eigenvalue weighted by atomic mass is 35.5. The number of aromatic nitrogens is 3. The van der Waals surface area contributed by atoms with E-state index in [4.69, 9.17) is 16.1 Å². The Morgan fingerprint density at radius 2 is 2.22 bits per heavy atom. The average Bonchev–Trinajstić information content (AvgIpc) is 2.91. The zero-order chi connectivity index (χ0) is 13.1. The van der Waals surface area contributed by atoms with E-state index < -0.39 is 0 Å². The Kier molecular flexibility index (Phi) is 4.04. The highest BCUT2D eigenvalue weighted by molar-refractivity contribution is 6.31. The fourth-order valence-electron chi connectivity index (χ4n) is 1.75. The van der Waals surface area contributed by atoms with E-state index in [2.05, 4.69) is 27.2 Å². The molecule has 0 aliphatic rings. The van der Waals surface area contributed by atoms with Crippen molar-refractivity contribution in [3.8, 4) is 0 Å². The van der Waals surface area contributed by atoms with Crippen molar-refractivity contribution in [2.45, 2.75) is 33.4 Å². The highest BCUT2D eigenvalue weighted by Gasteiger charge is 2.12. The van der Waals surface area contributed by atoms with Gasteiger partial charge in [-0.25, -0.2) is 0 Å². The summed E-state index contributed by atoms with van der Waals surface area (Å²) in [7, 11) is 1.99. The fourth-order valence-corrected chi connectivity index (χ4v) is 1.89. The van der Waals surface area contributed by atoms with E-state index in [1.165, 1.54) is 0 Å². The number of nitrogens with one attached hydrogen (secondary N) is 1. The molecule has 5 nitrogen and oxygen atoms in total. The summed E-state index contributed by atoms with van der Waals surface area (Å²) in [5.74, 6) is 0.859. The van der Waals surface area contributed by atoms with Crippen LogP contribution >= 0.6 is 11.6 Å². The second-order valence-electron chi connectivity index (χ2n) is 4.42. The molecule has 0 aliphatic heterocycles. The zero-order valence-electron chi connectivity index (χ0n) is 10.8. The molecule has 0 bridgehead atoms. The van der Waals surface area contributed by atoms with Crippen LogP contribution in [0, 0.1) is 6.92 Å². The number of H-pyrrole nitrogens is 1. The van der Waals surface area contributed by atoms with Gasteiger partial charge in [0.05, 0.1) is 28.6 Å². The molecule has 0 saturated heterocycles. The molecule has 0 fully saturated rings. The van der Waals surface area contributed by atoms with Crippen molar-refractivity contribution in [3.05, 3.63) is 33.9 Å². The van der Waals surface area contributed by atoms with Gasteiger partial charge in [0, 0.05) is 12.6 Å². The summed E-state index contributed by atoms with van der Waals surface area (Å²) >= 11 is 6.13. The Labute approximate surface area is 111 Å². The number of hydrogen-bond donors (Lipinski definition) is 1. The van der Waals surface area contributed by atoms with E-state index in [0.29, 0.717) is 18.1 Å². The molecule has 0 atom stereocenters. The maximum absolute atomic E-state index is 6.13. The van der Waals surface area contributed by atoms with E-state index in [0.717, 1.165) is 29.3 Å². The molecule has 0 unspecified atom stereocenters. The SMILES string of the molecule is CCc1cc(CN(C)Cc2n[nH]c(C)c2Cl)on1. The lowest BCUT2D eigenvalue weighted by Gasteiger charge is -2.12. The number of aromatic amines is 1. The third-order valence-electron chi connectivity index (χ3n) is 2.76. The van der Waals surface area contributed by atoms with Crippen LogP contribution in [0.15, 0.2) is 10.6 Å². The van der Waals surface area contributed by atoms with Gasteiger partial charge in [-0.15, -0.1) is 0 Å². The maximum atomic E-state index is 6.13. The molecule has 0 spiro atoms. The predicted molar refractivity (Wildman–Crippen MR) is 69.4 cm³/mol. The van der Waals surface area contributed by atoms with Crippen molar-refractivity contribution in [1.82, 2.24) is 20.3 Å². The van der Waals surface area contributed by atoms with Gasteiger partial charge in [0.1, 0.15) is 0 Å². The molecule has 0 amide bonds. The first kappa shape index (κ1) is 13.1. The monoisotopic (exact) mass is 268 g/mol. The highest BCUT2D eigenvalue weighted by Crippen LogP contribution is 2.19. The molecule has 0 radical (unpaired) electrons. The molecule has 2 aromatic rings. The molecule has 18 heavy (non-hydrogen) atoms. The normalized spacial score (nSPS) is 11.4. The summed E-state index contributed by atoms with van der Waals surface area (Å²) in [6.07, 6.45) is 0.887. The van der Waals surface area contributed by atoms with Gasteiger partial charge in [-0.3, -0.25) is 10.00 Å². The van der Waals surface area contributed by atoms with Crippen molar-refractivity contribution in [2.24, 2.45) is 0 Å². The lowest BCUT2D eigenvalue weighted by Crippen LogP contribution is -2.17. The van der Waals surface area contributed by atoms with Crippen LogP contribution in [0.2, 0.25) is 5.02 Å². The Morgan fingerprint density at radius 3 is 2.78 bits per heavy atom. The lowest BCUT2D eigenvalue weighted by atomic mass is 10.3. The summed E-state index contributed by atoms with van der Waals surface area (Å²) in [6, 6.07) is 1.98. The molecule has 2 heterocycles. The van der Waals surface area contributed by atoms with Crippen LogP contribution in [0.1, 0.15) is 29.8 Å². The summed E-state index contributed by atoms with van der Waals surface area (Å²) in [4.78, 5) is 2.08. The lowest BCUT2D eigenvalue weighted by molar-refractivity contribution is 0.263. The van der Waals surface area contributed by atoms with Gasteiger partial charge in [0.2, 0.25) is 0 Å². The fraction of sp³-hybridized carbons (Fsp3) is 0.500. The van der Waals surface area contributed by atoms with E-state index in [9.17, 15) is 0 Å². The van der Waals surface area contributed by atoms with Crippen LogP contribution in [0.4, 0.5) is 0 Å². The van der Waals surface area contributed by atoms with Crippen LogP contribution in [0.25, 0.3) is 0 Å². The van der Waals surface area contributed by atoms with Gasteiger partial charge < -0.3 is 4.52 Å². The summed E-state index contributed by atoms with van der Waals surface area (Å²) in [6.45, 7) is 5.32. The van der Waals surface area contributed by atoms with Gasteiger partial charge >= 0.3 is 0 Å². The second-order valence-corrected chi connectivity index (χ2v) is 4.80. The smallest absolute Gasteiger partial charge is 0.150 e. The zero-order valence-corrected chi connectivity index (χ0v) is 11.6. The number of aryl methyl sites for hydroxylation is 2. The first-order chi connectivity index (χ1) is 8.60. The third-order valence-corrected chi connectivity index (χ3v) is 3.26. The summed E-state index contributed by atoms with van der Waals surface area (Å²) in [5.41, 5.74) is 2.73. The molecule has 6 heteroatoms. The maximum Gasteiger partial charge on any atom is 0.150 e. The van der Waals surface area contributed by atoms with E-state index in [1.54, 1.807) is 0 Å². The topological polar surface area (TPSA) is 58.0 Å². The molecule has 98 valence electrons. The van der Waals surface area contributed by atoms with Crippen molar-refractivity contribution in [2.75, 3.05) is 7.05 Å². The molecule has 0 aromatic carbocycles. The quantitative estimate of drug-likeness (QED) is 0.905. The third kappa shape index (κ3) is 2.91. The molecular formula is C12H17ClN4O. The minimum Gasteiger partial charge on any atom is -0.360 e. The number of rotatable bonds is 5. The van der Waals surface area contributed by atoms with Crippen LogP contribution in [0.3, 0.4) is 0 Å². The van der Waals surface area contributed by atoms with E-state index in [1.807, 2.05) is 20.0 Å². The van der Waals surface area contributed by atoms with Crippen molar-refractivity contribution < 1.29 is 4.52 Å². The molecular weight excluding hydrogens is 252 g/mol. The van der Waals surface area contributed by atoms with Crippen LogP contribution < -0.4 is 0 Å². The largest absolute Gasteiger partial charge is 0.360 e. The van der Waals surface area contributed by atoms with Gasteiger partial charge in [-0.05, 0) is 20.4 Å². The standard InChI is InChI=1S/C12H17ClN4O/c1-4-9-5-10(18-16-9)6-17(3)7-11-12(13)8(2)14-15-11/h5H,4,6-7H2,1-3H3,(H,14,15). The predicted octanol–water partition coefficient (Wildman–Crippen LogP) is 2.55. The number of halogens is 1. The van der Waals surface area contributed by atoms with E-state index in [-0.39, 0.29) is 0 Å². The molecule has 0 aliphatic carbocycles. The minimum atomic E-state index is 0.672. The van der Waals surface area contributed by atoms with Gasteiger partial charge in [0.25, 0.3) is 0 Å². The molecule has 1 N–H and O–H groups in total. The second kappa shape index (κ2) is 5.54. The Balaban J connectivity index is 1.96. The van der Waals surface area contributed by atoms with Gasteiger partial charge in [-0.1, -0.05) is 23.7 Å². The summed E-state index contributed by atoms with van der Waals surface area (Å²) in [5, 5.41) is 11.7. The number of nitrogens with zero attached hydrogens (tertiary/aromatic N) is 3. The van der Waals surface area contributed by atoms with Crippen LogP contribution in [0.5, 0.6) is 0 Å². The first-order valence-electron chi connectivity index (χ1n) is 5.92. The minimum absolute atomic E-state index is 0.672.